The molecule has 0 bridgehead atoms. The van der Waals surface area contributed by atoms with E-state index < -0.39 is 39.1 Å². The summed E-state index contributed by atoms with van der Waals surface area (Å²) in [7, 11) is 0. The molecule has 3 aromatic rings. The SMILES string of the molecule is O=C(NC=CNOC1C=CCCC1)c1ccc(C2=CC(c3cc(Cl)c(F)c(Cl)c3)(C(F)(F)F)ON2)c2ccccc12. The Morgan fingerprint density at radius 3 is 2.51 bits per heavy atom. The van der Waals surface area contributed by atoms with Crippen LogP contribution >= 0.6 is 23.2 Å². The lowest BCUT2D eigenvalue weighted by atomic mass is 9.90. The lowest BCUT2D eigenvalue weighted by Gasteiger charge is -2.28. The topological polar surface area (TPSA) is 71.6 Å². The van der Waals surface area contributed by atoms with Gasteiger partial charge in [0.1, 0.15) is 6.10 Å². The van der Waals surface area contributed by atoms with Crippen molar-refractivity contribution in [2.75, 3.05) is 0 Å². The average Bonchev–Trinajstić information content (AvgIpc) is 3.42. The van der Waals surface area contributed by atoms with E-state index in [0.29, 0.717) is 21.9 Å². The minimum absolute atomic E-state index is 0.0138. The number of benzene rings is 3. The van der Waals surface area contributed by atoms with Crippen molar-refractivity contribution in [3.05, 3.63) is 112 Å². The number of amides is 1. The van der Waals surface area contributed by atoms with Crippen molar-refractivity contribution in [3.63, 3.8) is 0 Å². The number of nitrogens with one attached hydrogen (secondary N) is 3. The molecule has 2 unspecified atom stereocenters. The molecule has 2 atom stereocenters. The van der Waals surface area contributed by atoms with Crippen LogP contribution in [0.15, 0.2) is 79.2 Å². The number of hydrogen-bond acceptors (Lipinski definition) is 5. The van der Waals surface area contributed by atoms with E-state index in [-0.39, 0.29) is 11.8 Å². The van der Waals surface area contributed by atoms with E-state index in [1.807, 2.05) is 6.08 Å². The van der Waals surface area contributed by atoms with E-state index >= 15 is 0 Å². The number of hydroxylamine groups is 2. The van der Waals surface area contributed by atoms with Crippen LogP contribution < -0.4 is 16.3 Å². The Bertz CT molecular complexity index is 1550. The molecule has 214 valence electrons. The molecule has 6 nitrogen and oxygen atoms in total. The first-order valence-corrected chi connectivity index (χ1v) is 13.3. The summed E-state index contributed by atoms with van der Waals surface area (Å²) in [6, 6.07) is 11.4. The van der Waals surface area contributed by atoms with Crippen LogP contribution in [0.2, 0.25) is 10.0 Å². The van der Waals surface area contributed by atoms with Crippen LogP contribution in [0.1, 0.15) is 40.7 Å². The first-order chi connectivity index (χ1) is 19.6. The summed E-state index contributed by atoms with van der Waals surface area (Å²) in [6.45, 7) is 0. The molecule has 3 N–H and O–H groups in total. The Labute approximate surface area is 242 Å². The van der Waals surface area contributed by atoms with E-state index in [4.69, 9.17) is 32.9 Å². The summed E-state index contributed by atoms with van der Waals surface area (Å²) in [4.78, 5) is 23.6. The van der Waals surface area contributed by atoms with Crippen molar-refractivity contribution in [2.45, 2.75) is 37.1 Å². The molecule has 0 spiro atoms. The lowest BCUT2D eigenvalue weighted by molar-refractivity contribution is -0.269. The van der Waals surface area contributed by atoms with E-state index in [1.54, 1.807) is 24.3 Å². The van der Waals surface area contributed by atoms with Gasteiger partial charge in [0, 0.05) is 29.1 Å². The molecule has 0 fully saturated rings. The number of allylic oxidation sites excluding steroid dienone is 1. The van der Waals surface area contributed by atoms with E-state index in [9.17, 15) is 22.4 Å². The predicted octanol–water partition coefficient (Wildman–Crippen LogP) is 7.45. The molecule has 0 radical (unpaired) electrons. The van der Waals surface area contributed by atoms with Crippen LogP contribution in [0.25, 0.3) is 16.5 Å². The van der Waals surface area contributed by atoms with Crippen molar-refractivity contribution in [1.29, 1.82) is 0 Å². The number of halogens is 6. The highest BCUT2D eigenvalue weighted by atomic mass is 35.5. The van der Waals surface area contributed by atoms with Crippen molar-refractivity contribution < 1.29 is 32.0 Å². The fraction of sp³-hybridized carbons (Fsp3) is 0.207. The van der Waals surface area contributed by atoms with Gasteiger partial charge in [-0.2, -0.15) is 13.2 Å². The summed E-state index contributed by atoms with van der Waals surface area (Å²) in [6.07, 6.45) is 5.65. The number of fused-ring (bicyclic) bond motifs is 1. The molecule has 0 aromatic heterocycles. The van der Waals surface area contributed by atoms with E-state index in [1.165, 1.54) is 24.5 Å². The van der Waals surface area contributed by atoms with Crippen LogP contribution in [-0.2, 0) is 15.3 Å². The summed E-state index contributed by atoms with van der Waals surface area (Å²) in [5.74, 6) is -1.47. The van der Waals surface area contributed by atoms with Gasteiger partial charge >= 0.3 is 6.18 Å². The Balaban J connectivity index is 1.43. The Morgan fingerprint density at radius 1 is 1.10 bits per heavy atom. The quantitative estimate of drug-likeness (QED) is 0.113. The van der Waals surface area contributed by atoms with Gasteiger partial charge in [-0.3, -0.25) is 25.4 Å². The highest BCUT2D eigenvalue weighted by Crippen LogP contribution is 2.49. The third-order valence-corrected chi connectivity index (χ3v) is 7.31. The molecule has 0 saturated carbocycles. The van der Waals surface area contributed by atoms with Gasteiger partial charge in [-0.05, 0) is 54.3 Å². The predicted molar refractivity (Wildman–Crippen MR) is 148 cm³/mol. The van der Waals surface area contributed by atoms with Crippen molar-refractivity contribution in [2.24, 2.45) is 0 Å². The standard InChI is InChI=1S/C29H23Cl2F4N3O3/c30-23-14-17(15-24(31)26(23)32)28(29(33,34)35)16-25(38-41-28)21-10-11-22(20-9-5-4-8-19(20)21)27(39)36-12-13-37-40-18-6-2-1-3-7-18/h2,4-6,8-16,18,37-38H,1,3,7H2,(H,36,39). The summed E-state index contributed by atoms with van der Waals surface area (Å²) < 4.78 is 57.3. The minimum Gasteiger partial charge on any atom is -0.327 e. The lowest BCUT2D eigenvalue weighted by Crippen LogP contribution is -2.42. The molecule has 1 heterocycles. The number of carbonyl (C=O) groups is 1. The van der Waals surface area contributed by atoms with Gasteiger partial charge in [-0.15, -0.1) is 0 Å². The Hall–Kier alpha value is -3.57. The van der Waals surface area contributed by atoms with Crippen molar-refractivity contribution in [3.8, 4) is 0 Å². The van der Waals surface area contributed by atoms with Gasteiger partial charge < -0.3 is 5.32 Å². The monoisotopic (exact) mass is 607 g/mol. The third-order valence-electron chi connectivity index (χ3n) is 6.76. The number of hydrogen-bond donors (Lipinski definition) is 3. The Morgan fingerprint density at radius 2 is 1.83 bits per heavy atom. The minimum atomic E-state index is -4.97. The second-order valence-electron chi connectivity index (χ2n) is 9.40. The molecule has 41 heavy (non-hydrogen) atoms. The zero-order chi connectivity index (χ0) is 29.2. The molecule has 1 aliphatic carbocycles. The molecular formula is C29H23Cl2F4N3O3. The van der Waals surface area contributed by atoms with Gasteiger partial charge in [-0.25, -0.2) is 4.39 Å². The average molecular weight is 608 g/mol. The largest absolute Gasteiger partial charge is 0.428 e. The highest BCUT2D eigenvalue weighted by molar-refractivity contribution is 6.35. The van der Waals surface area contributed by atoms with Gasteiger partial charge in [-0.1, -0.05) is 65.7 Å². The number of alkyl halides is 3. The van der Waals surface area contributed by atoms with Gasteiger partial charge in [0.2, 0.25) is 5.60 Å². The Kier molecular flexibility index (Phi) is 8.28. The second-order valence-corrected chi connectivity index (χ2v) is 10.2. The molecule has 1 aliphatic heterocycles. The van der Waals surface area contributed by atoms with Crippen LogP contribution in [0, 0.1) is 5.82 Å². The van der Waals surface area contributed by atoms with E-state index in [2.05, 4.69) is 22.4 Å². The van der Waals surface area contributed by atoms with Crippen LogP contribution in [0.5, 0.6) is 0 Å². The van der Waals surface area contributed by atoms with Crippen molar-refractivity contribution >= 4 is 45.6 Å². The molecular weight excluding hydrogens is 585 g/mol. The normalized spacial score (nSPS) is 20.7. The molecule has 1 amide bonds. The van der Waals surface area contributed by atoms with Crippen LogP contribution in [0.3, 0.4) is 0 Å². The zero-order valence-electron chi connectivity index (χ0n) is 21.2. The maximum absolute atomic E-state index is 14.5. The maximum atomic E-state index is 14.5. The fourth-order valence-electron chi connectivity index (χ4n) is 4.71. The number of rotatable bonds is 7. The zero-order valence-corrected chi connectivity index (χ0v) is 22.7. The van der Waals surface area contributed by atoms with Gasteiger partial charge in [0.25, 0.3) is 5.91 Å². The van der Waals surface area contributed by atoms with Gasteiger partial charge in [0.05, 0.1) is 15.7 Å². The van der Waals surface area contributed by atoms with Gasteiger partial charge in [0.15, 0.2) is 5.82 Å². The second kappa shape index (κ2) is 11.7. The molecule has 0 saturated heterocycles. The highest BCUT2D eigenvalue weighted by Gasteiger charge is 2.60. The molecule has 2 aliphatic rings. The molecule has 12 heteroatoms. The number of carbonyl (C=O) groups excluding carboxylic acids is 1. The third kappa shape index (κ3) is 5.78. The maximum Gasteiger partial charge on any atom is 0.428 e. The smallest absolute Gasteiger partial charge is 0.327 e. The van der Waals surface area contributed by atoms with E-state index in [0.717, 1.165) is 37.5 Å². The summed E-state index contributed by atoms with van der Waals surface area (Å²) in [5.41, 5.74) is 2.15. The molecule has 5 rings (SSSR count). The molecule has 3 aromatic carbocycles. The first kappa shape index (κ1) is 28.9. The first-order valence-electron chi connectivity index (χ1n) is 12.6. The van der Waals surface area contributed by atoms with Crippen LogP contribution in [0.4, 0.5) is 17.6 Å². The summed E-state index contributed by atoms with van der Waals surface area (Å²) in [5, 5.41) is 2.47. The van der Waals surface area contributed by atoms with Crippen LogP contribution in [-0.4, -0.2) is 18.2 Å². The summed E-state index contributed by atoms with van der Waals surface area (Å²) >= 11 is 11.6. The fourth-order valence-corrected chi connectivity index (χ4v) is 5.20. The van der Waals surface area contributed by atoms with Crippen molar-refractivity contribution in [1.82, 2.24) is 16.3 Å².